The van der Waals surface area contributed by atoms with Crippen molar-refractivity contribution < 1.29 is 13.2 Å². The van der Waals surface area contributed by atoms with E-state index in [0.717, 1.165) is 4.88 Å². The van der Waals surface area contributed by atoms with Gasteiger partial charge in [0.15, 0.2) is 0 Å². The second-order valence-electron chi connectivity index (χ2n) is 4.49. The lowest BCUT2D eigenvalue weighted by Gasteiger charge is -2.14. The van der Waals surface area contributed by atoms with Gasteiger partial charge in [0.2, 0.25) is 10.0 Å². The summed E-state index contributed by atoms with van der Waals surface area (Å²) in [7, 11) is -1.98. The average Bonchev–Trinajstić information content (AvgIpc) is 2.91. The Hall–Kier alpha value is -1.37. The molecular formula is C14H17NO3S2. The van der Waals surface area contributed by atoms with Crippen molar-refractivity contribution >= 4 is 21.4 Å². The molecule has 1 atom stereocenters. The van der Waals surface area contributed by atoms with Crippen molar-refractivity contribution in [3.63, 3.8) is 0 Å². The summed E-state index contributed by atoms with van der Waals surface area (Å²) in [4.78, 5) is 1.27. The van der Waals surface area contributed by atoms with Gasteiger partial charge in [-0.3, -0.25) is 0 Å². The molecule has 1 unspecified atom stereocenters. The van der Waals surface area contributed by atoms with Crippen molar-refractivity contribution in [3.05, 3.63) is 46.2 Å². The number of aryl methyl sites for hydroxylation is 1. The number of methoxy groups -OCH3 is 1. The quantitative estimate of drug-likeness (QED) is 0.923. The average molecular weight is 311 g/mol. The highest BCUT2D eigenvalue weighted by Crippen LogP contribution is 2.24. The maximum Gasteiger partial charge on any atom is 0.241 e. The van der Waals surface area contributed by atoms with E-state index in [1.54, 1.807) is 32.2 Å². The first-order chi connectivity index (χ1) is 9.44. The second kappa shape index (κ2) is 5.95. The summed E-state index contributed by atoms with van der Waals surface area (Å²) in [5.41, 5.74) is 0.662. The van der Waals surface area contributed by atoms with Crippen LogP contribution >= 0.6 is 11.3 Å². The standard InChI is InChI=1S/C14H17NO3S2/c1-10-9-12(18-3)6-7-14(10)20(16,17)15-11(2)13-5-4-8-19-13/h4-9,11,15H,1-3H3. The van der Waals surface area contributed by atoms with E-state index in [2.05, 4.69) is 4.72 Å². The van der Waals surface area contributed by atoms with Crippen LogP contribution in [0.15, 0.2) is 40.6 Å². The zero-order valence-electron chi connectivity index (χ0n) is 11.6. The molecule has 1 heterocycles. The van der Waals surface area contributed by atoms with Gasteiger partial charge < -0.3 is 4.74 Å². The van der Waals surface area contributed by atoms with Crippen LogP contribution in [0.3, 0.4) is 0 Å². The highest BCUT2D eigenvalue weighted by Gasteiger charge is 2.21. The zero-order chi connectivity index (χ0) is 14.8. The summed E-state index contributed by atoms with van der Waals surface area (Å²) >= 11 is 1.53. The molecule has 0 aliphatic carbocycles. The van der Waals surface area contributed by atoms with Crippen LogP contribution in [-0.2, 0) is 10.0 Å². The van der Waals surface area contributed by atoms with Gasteiger partial charge in [0.05, 0.1) is 18.0 Å². The van der Waals surface area contributed by atoms with Crippen LogP contribution < -0.4 is 9.46 Å². The molecule has 0 aliphatic heterocycles. The van der Waals surface area contributed by atoms with Crippen LogP contribution in [0, 0.1) is 6.92 Å². The van der Waals surface area contributed by atoms with Crippen LogP contribution in [-0.4, -0.2) is 15.5 Å². The Balaban J connectivity index is 2.27. The van der Waals surface area contributed by atoms with Crippen molar-refractivity contribution in [2.45, 2.75) is 24.8 Å². The molecule has 108 valence electrons. The van der Waals surface area contributed by atoms with Gasteiger partial charge in [0.25, 0.3) is 0 Å². The van der Waals surface area contributed by atoms with Crippen molar-refractivity contribution in [3.8, 4) is 5.75 Å². The Bertz CT molecular complexity index is 678. The monoisotopic (exact) mass is 311 g/mol. The maximum atomic E-state index is 12.4. The Morgan fingerprint density at radius 3 is 2.60 bits per heavy atom. The maximum absolute atomic E-state index is 12.4. The summed E-state index contributed by atoms with van der Waals surface area (Å²) in [5, 5.41) is 1.93. The highest BCUT2D eigenvalue weighted by molar-refractivity contribution is 7.89. The van der Waals surface area contributed by atoms with Crippen LogP contribution in [0.1, 0.15) is 23.4 Å². The number of ether oxygens (including phenoxy) is 1. The van der Waals surface area contributed by atoms with E-state index in [9.17, 15) is 8.42 Å². The minimum atomic E-state index is -3.54. The number of benzene rings is 1. The Morgan fingerprint density at radius 1 is 1.30 bits per heavy atom. The number of hydrogen-bond donors (Lipinski definition) is 1. The first-order valence-corrected chi connectivity index (χ1v) is 8.50. The number of nitrogens with one attached hydrogen (secondary N) is 1. The summed E-state index contributed by atoms with van der Waals surface area (Å²) in [6, 6.07) is 8.50. The molecule has 0 amide bonds. The first-order valence-electron chi connectivity index (χ1n) is 6.14. The van der Waals surface area contributed by atoms with E-state index in [4.69, 9.17) is 4.74 Å². The number of thiophene rings is 1. The van der Waals surface area contributed by atoms with Gasteiger partial charge in [-0.25, -0.2) is 13.1 Å². The molecule has 0 radical (unpaired) electrons. The minimum absolute atomic E-state index is 0.249. The van der Waals surface area contributed by atoms with Crippen molar-refractivity contribution in [2.24, 2.45) is 0 Å². The Morgan fingerprint density at radius 2 is 2.05 bits per heavy atom. The summed E-state index contributed by atoms with van der Waals surface area (Å²) in [6.45, 7) is 3.59. The van der Waals surface area contributed by atoms with Crippen molar-refractivity contribution in [1.29, 1.82) is 0 Å². The van der Waals surface area contributed by atoms with Crippen molar-refractivity contribution in [2.75, 3.05) is 7.11 Å². The van der Waals surface area contributed by atoms with Gasteiger partial charge in [-0.15, -0.1) is 11.3 Å². The minimum Gasteiger partial charge on any atom is -0.497 e. The number of hydrogen-bond acceptors (Lipinski definition) is 4. The number of rotatable bonds is 5. The molecule has 0 fully saturated rings. The Labute approximate surface area is 123 Å². The molecule has 1 aromatic heterocycles. The molecule has 0 bridgehead atoms. The number of sulfonamides is 1. The molecule has 2 aromatic rings. The van der Waals surface area contributed by atoms with Crippen LogP contribution in [0.2, 0.25) is 0 Å². The summed E-state index contributed by atoms with van der Waals surface area (Å²) in [5.74, 6) is 0.646. The highest BCUT2D eigenvalue weighted by atomic mass is 32.2. The lowest BCUT2D eigenvalue weighted by atomic mass is 10.2. The molecule has 0 saturated carbocycles. The molecular weight excluding hydrogens is 294 g/mol. The van der Waals surface area contributed by atoms with Gasteiger partial charge >= 0.3 is 0 Å². The van der Waals surface area contributed by atoms with E-state index < -0.39 is 10.0 Å². The van der Waals surface area contributed by atoms with Crippen LogP contribution in [0.5, 0.6) is 5.75 Å². The molecule has 20 heavy (non-hydrogen) atoms. The van der Waals surface area contributed by atoms with Crippen LogP contribution in [0.4, 0.5) is 0 Å². The van der Waals surface area contributed by atoms with E-state index in [1.807, 2.05) is 24.4 Å². The largest absolute Gasteiger partial charge is 0.497 e. The van der Waals surface area contributed by atoms with Gasteiger partial charge in [-0.2, -0.15) is 0 Å². The lowest BCUT2D eigenvalue weighted by Crippen LogP contribution is -2.27. The molecule has 0 saturated heterocycles. The fourth-order valence-electron chi connectivity index (χ4n) is 1.94. The van der Waals surface area contributed by atoms with E-state index >= 15 is 0 Å². The molecule has 0 aliphatic rings. The molecule has 1 N–H and O–H groups in total. The van der Waals surface area contributed by atoms with E-state index in [-0.39, 0.29) is 10.9 Å². The SMILES string of the molecule is COc1ccc(S(=O)(=O)NC(C)c2cccs2)c(C)c1. The van der Waals surface area contributed by atoms with Crippen LogP contribution in [0.25, 0.3) is 0 Å². The van der Waals surface area contributed by atoms with Gasteiger partial charge in [-0.05, 0) is 49.1 Å². The van der Waals surface area contributed by atoms with Crippen molar-refractivity contribution in [1.82, 2.24) is 4.72 Å². The molecule has 4 nitrogen and oxygen atoms in total. The third kappa shape index (κ3) is 3.20. The van der Waals surface area contributed by atoms with Gasteiger partial charge in [0.1, 0.15) is 5.75 Å². The first kappa shape index (κ1) is 15.0. The third-order valence-corrected chi connectivity index (χ3v) is 5.73. The predicted octanol–water partition coefficient (Wildman–Crippen LogP) is 3.10. The second-order valence-corrected chi connectivity index (χ2v) is 7.15. The topological polar surface area (TPSA) is 55.4 Å². The van der Waals surface area contributed by atoms with E-state index in [1.165, 1.54) is 11.3 Å². The molecule has 2 rings (SSSR count). The molecule has 6 heteroatoms. The Kier molecular flexibility index (Phi) is 4.47. The van der Waals surface area contributed by atoms with Gasteiger partial charge in [-0.1, -0.05) is 6.07 Å². The lowest BCUT2D eigenvalue weighted by molar-refractivity contribution is 0.414. The normalized spacial score (nSPS) is 13.2. The smallest absolute Gasteiger partial charge is 0.241 e. The summed E-state index contributed by atoms with van der Waals surface area (Å²) in [6.07, 6.45) is 0. The summed E-state index contributed by atoms with van der Waals surface area (Å²) < 4.78 is 32.6. The molecule has 0 spiro atoms. The fraction of sp³-hybridized carbons (Fsp3) is 0.286. The fourth-order valence-corrected chi connectivity index (χ4v) is 4.20. The molecule has 1 aromatic carbocycles. The van der Waals surface area contributed by atoms with E-state index in [0.29, 0.717) is 11.3 Å². The zero-order valence-corrected chi connectivity index (χ0v) is 13.2. The third-order valence-electron chi connectivity index (χ3n) is 2.97. The predicted molar refractivity (Wildman–Crippen MR) is 80.8 cm³/mol. The van der Waals surface area contributed by atoms with Gasteiger partial charge in [0, 0.05) is 4.88 Å².